The number of carbonyl (C=O) groups is 2. The van der Waals surface area contributed by atoms with Gasteiger partial charge in [-0.05, 0) is 46.0 Å². The minimum Gasteiger partial charge on any atom is -0.348 e. The summed E-state index contributed by atoms with van der Waals surface area (Å²) < 4.78 is 0. The molecule has 0 spiro atoms. The lowest BCUT2D eigenvalue weighted by molar-refractivity contribution is -0.120. The highest BCUT2D eigenvalue weighted by molar-refractivity contribution is 7.98. The molecule has 0 fully saturated rings. The summed E-state index contributed by atoms with van der Waals surface area (Å²) in [5.74, 6) is 0.596. The molecule has 2 amide bonds. The highest BCUT2D eigenvalue weighted by Gasteiger charge is 2.18. The molecular weight excluding hydrogens is 396 g/mol. The van der Waals surface area contributed by atoms with Crippen molar-refractivity contribution in [3.63, 3.8) is 0 Å². The first-order chi connectivity index (χ1) is 13.1. The lowest BCUT2D eigenvalue weighted by Gasteiger charge is -2.17. The summed E-state index contributed by atoms with van der Waals surface area (Å²) in [6, 6.07) is 13.5. The topological polar surface area (TPSA) is 58.2 Å². The van der Waals surface area contributed by atoms with E-state index in [-0.39, 0.29) is 24.3 Å². The van der Waals surface area contributed by atoms with Crippen molar-refractivity contribution in [3.8, 4) is 0 Å². The number of thioether (sulfide) groups is 1. The third kappa shape index (κ3) is 5.95. The fraction of sp³-hybridized carbons (Fsp3) is 0.200. The number of amides is 2. The number of nitrogens with one attached hydrogen (secondary N) is 2. The molecule has 0 aliphatic heterocycles. The standard InChI is InChI=1S/C20H20N2O2S3/c1-14(23)21-17(19-7-4-9-26-19)11-20(24)22-16-5-2-3-6-18(16)27-13-15-8-10-25-12-15/h2-10,12,17H,11,13H2,1H3,(H,21,23)(H,22,24)/t17-/m0/s1. The molecular formula is C20H20N2O2S3. The van der Waals surface area contributed by atoms with Gasteiger partial charge in [-0.3, -0.25) is 9.59 Å². The van der Waals surface area contributed by atoms with Crippen molar-refractivity contribution < 1.29 is 9.59 Å². The monoisotopic (exact) mass is 416 g/mol. The van der Waals surface area contributed by atoms with E-state index in [1.165, 1.54) is 23.8 Å². The smallest absolute Gasteiger partial charge is 0.226 e. The van der Waals surface area contributed by atoms with Gasteiger partial charge < -0.3 is 10.6 Å². The van der Waals surface area contributed by atoms with Gasteiger partial charge in [-0.2, -0.15) is 11.3 Å². The number of benzene rings is 1. The largest absolute Gasteiger partial charge is 0.348 e. The summed E-state index contributed by atoms with van der Waals surface area (Å²) in [6.07, 6.45) is 0.198. The molecule has 2 heterocycles. The number of hydrogen-bond acceptors (Lipinski definition) is 5. The first-order valence-corrected chi connectivity index (χ1v) is 11.3. The van der Waals surface area contributed by atoms with Crippen molar-refractivity contribution in [2.24, 2.45) is 0 Å². The predicted molar refractivity (Wildman–Crippen MR) is 114 cm³/mol. The number of para-hydroxylation sites is 1. The number of rotatable bonds is 8. The van der Waals surface area contributed by atoms with E-state index in [0.717, 1.165) is 21.2 Å². The van der Waals surface area contributed by atoms with Crippen LogP contribution in [0.3, 0.4) is 0 Å². The second-order valence-electron chi connectivity index (χ2n) is 5.94. The van der Waals surface area contributed by atoms with Crippen molar-refractivity contribution in [2.75, 3.05) is 5.32 Å². The Morgan fingerprint density at radius 3 is 2.67 bits per heavy atom. The summed E-state index contributed by atoms with van der Waals surface area (Å²) >= 11 is 4.91. The number of thiophene rings is 2. The molecule has 27 heavy (non-hydrogen) atoms. The van der Waals surface area contributed by atoms with Crippen LogP contribution in [0.5, 0.6) is 0 Å². The summed E-state index contributed by atoms with van der Waals surface area (Å²) in [5, 5.41) is 12.0. The van der Waals surface area contributed by atoms with Crippen molar-refractivity contribution in [1.29, 1.82) is 0 Å². The van der Waals surface area contributed by atoms with Crippen molar-refractivity contribution >= 4 is 51.9 Å². The zero-order valence-electron chi connectivity index (χ0n) is 14.8. The Hall–Kier alpha value is -2.09. The molecule has 4 nitrogen and oxygen atoms in total. The molecule has 0 bridgehead atoms. The first kappa shape index (κ1) is 19.7. The fourth-order valence-corrected chi connectivity index (χ4v) is 5.08. The summed E-state index contributed by atoms with van der Waals surface area (Å²) in [5.41, 5.74) is 2.07. The van der Waals surface area contributed by atoms with Crippen LogP contribution in [0.4, 0.5) is 5.69 Å². The van der Waals surface area contributed by atoms with Gasteiger partial charge in [0.15, 0.2) is 0 Å². The van der Waals surface area contributed by atoms with Crippen LogP contribution in [0.2, 0.25) is 0 Å². The maximum Gasteiger partial charge on any atom is 0.226 e. The molecule has 3 aromatic rings. The van der Waals surface area contributed by atoms with Crippen LogP contribution in [-0.4, -0.2) is 11.8 Å². The second-order valence-corrected chi connectivity index (χ2v) is 8.71. The average Bonchev–Trinajstić information content (AvgIpc) is 3.34. The van der Waals surface area contributed by atoms with E-state index in [4.69, 9.17) is 0 Å². The quantitative estimate of drug-likeness (QED) is 0.489. The summed E-state index contributed by atoms with van der Waals surface area (Å²) in [4.78, 5) is 26.1. The maximum atomic E-state index is 12.6. The fourth-order valence-electron chi connectivity index (χ4n) is 2.58. The number of hydrogen-bond donors (Lipinski definition) is 2. The van der Waals surface area contributed by atoms with Gasteiger partial charge in [0.05, 0.1) is 18.2 Å². The minimum absolute atomic E-state index is 0.120. The van der Waals surface area contributed by atoms with E-state index in [0.29, 0.717) is 0 Å². The Morgan fingerprint density at radius 2 is 1.96 bits per heavy atom. The zero-order valence-corrected chi connectivity index (χ0v) is 17.3. The van der Waals surface area contributed by atoms with E-state index >= 15 is 0 Å². The molecule has 0 radical (unpaired) electrons. The normalized spacial score (nSPS) is 11.7. The van der Waals surface area contributed by atoms with Crippen LogP contribution >= 0.6 is 34.4 Å². The predicted octanol–water partition coefficient (Wildman–Crippen LogP) is 5.31. The van der Waals surface area contributed by atoms with Crippen LogP contribution in [-0.2, 0) is 15.3 Å². The molecule has 0 aliphatic rings. The van der Waals surface area contributed by atoms with Gasteiger partial charge in [0.1, 0.15) is 0 Å². The van der Waals surface area contributed by atoms with Crippen molar-refractivity contribution in [3.05, 3.63) is 69.0 Å². The van der Waals surface area contributed by atoms with Crippen LogP contribution < -0.4 is 10.6 Å². The molecule has 3 rings (SSSR count). The molecule has 2 aromatic heterocycles. The lowest BCUT2D eigenvalue weighted by Crippen LogP contribution is -2.29. The Bertz CT molecular complexity index is 877. The van der Waals surface area contributed by atoms with Gasteiger partial charge in [-0.25, -0.2) is 0 Å². The Kier molecular flexibility index (Phi) is 7.09. The molecule has 1 aromatic carbocycles. The van der Waals surface area contributed by atoms with Crippen LogP contribution in [0, 0.1) is 0 Å². The zero-order chi connectivity index (χ0) is 19.1. The minimum atomic E-state index is -0.312. The highest BCUT2D eigenvalue weighted by Crippen LogP contribution is 2.31. The SMILES string of the molecule is CC(=O)N[C@@H](CC(=O)Nc1ccccc1SCc1ccsc1)c1cccs1. The van der Waals surface area contributed by atoms with Crippen molar-refractivity contribution in [1.82, 2.24) is 5.32 Å². The van der Waals surface area contributed by atoms with E-state index in [2.05, 4.69) is 27.5 Å². The van der Waals surface area contributed by atoms with E-state index in [9.17, 15) is 9.59 Å². The van der Waals surface area contributed by atoms with E-state index in [1.807, 2.05) is 41.8 Å². The Labute approximate surface area is 171 Å². The van der Waals surface area contributed by atoms with Gasteiger partial charge in [0.25, 0.3) is 0 Å². The van der Waals surface area contributed by atoms with Crippen molar-refractivity contribution in [2.45, 2.75) is 30.0 Å². The number of carbonyl (C=O) groups excluding carboxylic acids is 2. The first-order valence-electron chi connectivity index (χ1n) is 8.45. The van der Waals surface area contributed by atoms with Gasteiger partial charge in [-0.15, -0.1) is 23.1 Å². The summed E-state index contributed by atoms with van der Waals surface area (Å²) in [7, 11) is 0. The molecule has 140 valence electrons. The average molecular weight is 417 g/mol. The van der Waals surface area contributed by atoms with Gasteiger partial charge in [0, 0.05) is 22.4 Å². The van der Waals surface area contributed by atoms with Gasteiger partial charge in [0.2, 0.25) is 11.8 Å². The van der Waals surface area contributed by atoms with Crippen LogP contribution in [0.1, 0.15) is 29.8 Å². The molecule has 7 heteroatoms. The molecule has 0 unspecified atom stereocenters. The van der Waals surface area contributed by atoms with Gasteiger partial charge >= 0.3 is 0 Å². The van der Waals surface area contributed by atoms with E-state index in [1.54, 1.807) is 23.1 Å². The summed E-state index contributed by atoms with van der Waals surface area (Å²) in [6.45, 7) is 1.47. The molecule has 0 aliphatic carbocycles. The third-order valence-corrected chi connectivity index (χ3v) is 6.65. The van der Waals surface area contributed by atoms with E-state index < -0.39 is 0 Å². The Balaban J connectivity index is 1.65. The molecule has 0 saturated carbocycles. The highest BCUT2D eigenvalue weighted by atomic mass is 32.2. The van der Waals surface area contributed by atoms with Crippen LogP contribution in [0.25, 0.3) is 0 Å². The molecule has 2 N–H and O–H groups in total. The van der Waals surface area contributed by atoms with Gasteiger partial charge in [-0.1, -0.05) is 18.2 Å². The second kappa shape index (κ2) is 9.73. The van der Waals surface area contributed by atoms with Crippen LogP contribution in [0.15, 0.2) is 63.5 Å². The molecule has 0 saturated heterocycles. The Morgan fingerprint density at radius 1 is 1.11 bits per heavy atom. The lowest BCUT2D eigenvalue weighted by atomic mass is 10.1. The molecule has 1 atom stereocenters. The third-order valence-electron chi connectivity index (χ3n) is 3.79. The number of anilines is 1. The maximum absolute atomic E-state index is 12.6.